The summed E-state index contributed by atoms with van der Waals surface area (Å²) in [6, 6.07) is 5.32. The quantitative estimate of drug-likeness (QED) is 0.124. The number of hydrogen-bond acceptors (Lipinski definition) is 5. The van der Waals surface area contributed by atoms with Crippen LogP contribution in [0.5, 0.6) is 0 Å². The van der Waals surface area contributed by atoms with Gasteiger partial charge in [0.15, 0.2) is 5.78 Å². The Balaban J connectivity index is 1.86. The van der Waals surface area contributed by atoms with Gasteiger partial charge in [-0.15, -0.1) is 11.3 Å². The van der Waals surface area contributed by atoms with Gasteiger partial charge in [-0.05, 0) is 68.9 Å². The number of unbranched alkanes of at least 4 members (excludes halogenated alkanes) is 1. The summed E-state index contributed by atoms with van der Waals surface area (Å²) >= 11 is 1.24. The molecule has 36 heavy (non-hydrogen) atoms. The van der Waals surface area contributed by atoms with Crippen LogP contribution in [-0.2, 0) is 34.3 Å². The number of thiophene rings is 1. The Bertz CT molecular complexity index is 1090. The topological polar surface area (TPSA) is 110 Å². The maximum Gasteiger partial charge on any atom is 0.469 e. The van der Waals surface area contributed by atoms with Crippen LogP contribution >= 0.6 is 19.2 Å². The van der Waals surface area contributed by atoms with Crippen molar-refractivity contribution in [1.82, 2.24) is 0 Å². The predicted molar refractivity (Wildman–Crippen MR) is 122 cm³/mol. The summed E-state index contributed by atoms with van der Waals surface area (Å²) in [5.74, 6) is -0.171. The Morgan fingerprint density at radius 3 is 2.22 bits per heavy atom. The Morgan fingerprint density at radius 1 is 1.00 bits per heavy atom. The van der Waals surface area contributed by atoms with Gasteiger partial charge in [0.2, 0.25) is 0 Å². The van der Waals surface area contributed by atoms with E-state index in [1.165, 1.54) is 11.3 Å². The van der Waals surface area contributed by atoms with Crippen molar-refractivity contribution in [1.29, 1.82) is 0 Å². The first-order valence-electron chi connectivity index (χ1n) is 10.8. The van der Waals surface area contributed by atoms with Crippen LogP contribution in [0.3, 0.4) is 0 Å². The van der Waals surface area contributed by atoms with E-state index in [0.29, 0.717) is 42.7 Å². The van der Waals surface area contributed by atoms with Gasteiger partial charge in [-0.2, -0.15) is 26.3 Å². The van der Waals surface area contributed by atoms with E-state index in [0.717, 1.165) is 10.9 Å². The number of ketones is 1. The highest BCUT2D eigenvalue weighted by Gasteiger charge is 2.43. The lowest BCUT2D eigenvalue weighted by atomic mass is 9.98. The van der Waals surface area contributed by atoms with Gasteiger partial charge >= 0.3 is 20.2 Å². The number of phosphoric acid groups is 1. The van der Waals surface area contributed by atoms with Crippen molar-refractivity contribution in [3.8, 4) is 0 Å². The highest BCUT2D eigenvalue weighted by molar-refractivity contribution is 7.46. The van der Waals surface area contributed by atoms with Crippen LogP contribution < -0.4 is 5.73 Å². The van der Waals surface area contributed by atoms with E-state index in [4.69, 9.17) is 15.5 Å². The molecule has 14 heteroatoms. The molecule has 1 heterocycles. The van der Waals surface area contributed by atoms with Crippen molar-refractivity contribution in [3.63, 3.8) is 0 Å². The molecule has 1 unspecified atom stereocenters. The Kier molecular flexibility index (Phi) is 9.94. The number of Topliss-reactive ketones (excluding diaryl/α,β-unsaturated/α-hetero) is 1. The number of alkyl halides is 6. The number of nitrogens with two attached hydrogens (primary N) is 1. The highest BCUT2D eigenvalue weighted by Crippen LogP contribution is 2.41. The molecule has 6 nitrogen and oxygen atoms in total. The summed E-state index contributed by atoms with van der Waals surface area (Å²) in [4.78, 5) is 31.3. The fourth-order valence-electron chi connectivity index (χ4n) is 3.34. The summed E-state index contributed by atoms with van der Waals surface area (Å²) in [6.07, 6.45) is -8.59. The summed E-state index contributed by atoms with van der Waals surface area (Å²) in [5.41, 5.74) is 1.63. The average molecular weight is 561 g/mol. The van der Waals surface area contributed by atoms with E-state index in [1.54, 1.807) is 19.1 Å². The summed E-state index contributed by atoms with van der Waals surface area (Å²) in [7, 11) is -4.64. The molecule has 0 amide bonds. The molecule has 0 radical (unpaired) electrons. The van der Waals surface area contributed by atoms with Gasteiger partial charge < -0.3 is 15.5 Å². The Labute approximate surface area is 207 Å². The molecule has 2 rings (SSSR count). The number of carbonyl (C=O) groups is 1. The standard InChI is InChI=1S/C22H26F6NO5PS/c1-20(29,13-34-35(31,32)33)11-10-15-7-9-19(36-15)18(30)5-3-2-4-14-6-8-16(21(23,24)25)17(12-14)22(26,27)28/h6-9,12H,2-5,10-11,13,29H2,1H3,(H2,31,32,33). The van der Waals surface area contributed by atoms with Crippen LogP contribution in [0.15, 0.2) is 30.3 Å². The molecule has 0 spiro atoms. The van der Waals surface area contributed by atoms with Gasteiger partial charge in [0.1, 0.15) is 0 Å². The number of phosphoric ester groups is 1. The first-order valence-corrected chi connectivity index (χ1v) is 13.1. The second-order valence-electron chi connectivity index (χ2n) is 8.69. The lowest BCUT2D eigenvalue weighted by molar-refractivity contribution is -0.162. The van der Waals surface area contributed by atoms with E-state index in [9.17, 15) is 35.7 Å². The number of carbonyl (C=O) groups excluding carboxylic acids is 1. The van der Waals surface area contributed by atoms with Crippen molar-refractivity contribution in [2.75, 3.05) is 6.61 Å². The number of benzene rings is 1. The Hall–Kier alpha value is -1.76. The van der Waals surface area contributed by atoms with E-state index in [2.05, 4.69) is 4.52 Å². The minimum atomic E-state index is -5.14. The number of rotatable bonds is 12. The first kappa shape index (κ1) is 30.5. The predicted octanol–water partition coefficient (Wildman–Crippen LogP) is 6.14. The van der Waals surface area contributed by atoms with Crippen molar-refractivity contribution in [2.45, 2.75) is 63.3 Å². The molecule has 4 N–H and O–H groups in total. The minimum absolute atomic E-state index is 0.0932. The maximum absolute atomic E-state index is 13.1. The van der Waals surface area contributed by atoms with Crippen LogP contribution in [0.25, 0.3) is 0 Å². The smallest absolute Gasteiger partial charge is 0.323 e. The van der Waals surface area contributed by atoms with Crippen molar-refractivity contribution in [3.05, 3.63) is 56.8 Å². The zero-order chi connectivity index (χ0) is 27.4. The molecule has 1 aromatic carbocycles. The number of hydrogen-bond donors (Lipinski definition) is 3. The number of halogens is 6. The molecular weight excluding hydrogens is 535 g/mol. The van der Waals surface area contributed by atoms with Gasteiger partial charge in [-0.3, -0.25) is 9.32 Å². The van der Waals surface area contributed by atoms with Gasteiger partial charge in [-0.25, -0.2) is 4.57 Å². The first-order chi connectivity index (χ1) is 16.4. The monoisotopic (exact) mass is 561 g/mol. The van der Waals surface area contributed by atoms with Crippen molar-refractivity contribution in [2.24, 2.45) is 5.73 Å². The highest BCUT2D eigenvalue weighted by atomic mass is 32.1. The van der Waals surface area contributed by atoms with E-state index in [-0.39, 0.29) is 30.8 Å². The maximum atomic E-state index is 13.1. The van der Waals surface area contributed by atoms with Crippen LogP contribution in [0.2, 0.25) is 0 Å². The third-order valence-corrected chi connectivity index (χ3v) is 6.91. The second kappa shape index (κ2) is 11.7. The number of aryl methyl sites for hydroxylation is 2. The molecule has 202 valence electrons. The van der Waals surface area contributed by atoms with E-state index < -0.39 is 36.8 Å². The molecule has 0 aliphatic heterocycles. The normalized spacial score (nSPS) is 14.6. The molecule has 0 aliphatic rings. The molecule has 1 atom stereocenters. The van der Waals surface area contributed by atoms with Gasteiger partial charge in [0.05, 0.1) is 22.6 Å². The fourth-order valence-corrected chi connectivity index (χ4v) is 4.78. The fraction of sp³-hybridized carbons (Fsp3) is 0.500. The molecule has 1 aromatic heterocycles. The Morgan fingerprint density at radius 2 is 1.64 bits per heavy atom. The summed E-state index contributed by atoms with van der Waals surface area (Å²) < 4.78 is 93.1. The lowest BCUT2D eigenvalue weighted by Gasteiger charge is -2.24. The molecule has 0 saturated carbocycles. The van der Waals surface area contributed by atoms with Crippen molar-refractivity contribution < 1.29 is 50.0 Å². The molecule has 0 saturated heterocycles. The van der Waals surface area contributed by atoms with E-state index >= 15 is 0 Å². The van der Waals surface area contributed by atoms with Crippen LogP contribution in [0, 0.1) is 0 Å². The zero-order valence-electron chi connectivity index (χ0n) is 19.2. The van der Waals surface area contributed by atoms with E-state index in [1.807, 2.05) is 0 Å². The minimum Gasteiger partial charge on any atom is -0.323 e. The molecule has 2 aromatic rings. The molecule has 0 aliphatic carbocycles. The third kappa shape index (κ3) is 9.95. The van der Waals surface area contributed by atoms with Gasteiger partial charge in [0, 0.05) is 16.8 Å². The lowest BCUT2D eigenvalue weighted by Crippen LogP contribution is -2.41. The average Bonchev–Trinajstić information content (AvgIpc) is 3.21. The van der Waals surface area contributed by atoms with Crippen LogP contribution in [0.4, 0.5) is 26.3 Å². The van der Waals surface area contributed by atoms with Gasteiger partial charge in [-0.1, -0.05) is 6.07 Å². The largest absolute Gasteiger partial charge is 0.469 e. The summed E-state index contributed by atoms with van der Waals surface area (Å²) in [6.45, 7) is 1.23. The molecule has 0 bridgehead atoms. The van der Waals surface area contributed by atoms with Crippen LogP contribution in [-0.4, -0.2) is 27.7 Å². The third-order valence-electron chi connectivity index (χ3n) is 5.26. The van der Waals surface area contributed by atoms with Crippen molar-refractivity contribution >= 4 is 24.9 Å². The van der Waals surface area contributed by atoms with Gasteiger partial charge in [0.25, 0.3) is 0 Å². The zero-order valence-corrected chi connectivity index (χ0v) is 20.9. The molecule has 0 fully saturated rings. The van der Waals surface area contributed by atoms with Crippen LogP contribution in [0.1, 0.15) is 63.8 Å². The molecular formula is C22H26F6NO5PS. The SMILES string of the molecule is CC(N)(CCc1ccc(C(=O)CCCCc2ccc(C(F)(F)F)c(C(F)(F)F)c2)s1)COP(=O)(O)O. The second-order valence-corrected chi connectivity index (χ2v) is 11.1. The summed E-state index contributed by atoms with van der Waals surface area (Å²) in [5, 5.41) is 0.